The van der Waals surface area contributed by atoms with Gasteiger partial charge in [-0.05, 0) is 130 Å². The molecule has 0 unspecified atom stereocenters. The van der Waals surface area contributed by atoms with Crippen LogP contribution >= 0.6 is 0 Å². The Morgan fingerprint density at radius 3 is 1.13 bits per heavy atom. The minimum absolute atomic E-state index is 0.602. The summed E-state index contributed by atoms with van der Waals surface area (Å²) in [5.74, 6) is 2.06. The summed E-state index contributed by atoms with van der Waals surface area (Å²) in [4.78, 5) is 5.09. The smallest absolute Gasteiger partial charge is 0.0274 e. The predicted molar refractivity (Wildman–Crippen MR) is 139 cm³/mol. The maximum absolute atomic E-state index is 2.56. The van der Waals surface area contributed by atoms with Crippen LogP contribution in [0.5, 0.6) is 0 Å². The number of likely N-dealkylation sites (tertiary alicyclic amines) is 2. The lowest BCUT2D eigenvalue weighted by Gasteiger charge is -2.29. The fraction of sp³-hybridized carbons (Fsp3) is 0.857. The second-order valence-corrected chi connectivity index (χ2v) is 10.8. The van der Waals surface area contributed by atoms with E-state index in [1.165, 1.54) is 71.1 Å². The SMILES string of the molecule is CC(C)C1CC1.CC(C)N1CCCC1.CC(C)N1CCCCC1.CC(C)n1cccc1. The summed E-state index contributed by atoms with van der Waals surface area (Å²) in [5, 5.41) is 0. The van der Waals surface area contributed by atoms with Crippen molar-refractivity contribution in [1.29, 1.82) is 0 Å². The Balaban J connectivity index is 0.000000208. The second kappa shape index (κ2) is 15.9. The van der Waals surface area contributed by atoms with Crippen molar-refractivity contribution in [1.82, 2.24) is 14.4 Å². The average molecular weight is 434 g/mol. The van der Waals surface area contributed by atoms with Crippen molar-refractivity contribution >= 4 is 0 Å². The Hall–Kier alpha value is -0.800. The molecule has 1 saturated carbocycles. The van der Waals surface area contributed by atoms with Crippen LogP contribution < -0.4 is 0 Å². The predicted octanol–water partition coefficient (Wildman–Crippen LogP) is 7.49. The van der Waals surface area contributed by atoms with E-state index < -0.39 is 0 Å². The first-order valence-corrected chi connectivity index (χ1v) is 13.3. The molecule has 1 aliphatic carbocycles. The van der Waals surface area contributed by atoms with Gasteiger partial charge < -0.3 is 14.4 Å². The van der Waals surface area contributed by atoms with Crippen molar-refractivity contribution in [3.63, 3.8) is 0 Å². The highest BCUT2D eigenvalue weighted by molar-refractivity contribution is 4.91. The molecular weight excluding hydrogens is 378 g/mol. The Labute approximate surface area is 195 Å². The van der Waals surface area contributed by atoms with Gasteiger partial charge in [0, 0.05) is 30.5 Å². The van der Waals surface area contributed by atoms with Gasteiger partial charge >= 0.3 is 0 Å². The number of nitrogens with zero attached hydrogens (tertiary/aromatic N) is 3. The molecule has 3 fully saturated rings. The number of rotatable bonds is 4. The van der Waals surface area contributed by atoms with Crippen LogP contribution in [0.3, 0.4) is 0 Å². The van der Waals surface area contributed by atoms with E-state index in [0.717, 1.165) is 23.9 Å². The minimum atomic E-state index is 0.602. The van der Waals surface area contributed by atoms with E-state index in [1.54, 1.807) is 0 Å². The normalized spacial score (nSPS) is 19.6. The highest BCUT2D eigenvalue weighted by Gasteiger charge is 2.24. The number of hydrogen-bond acceptors (Lipinski definition) is 2. The monoisotopic (exact) mass is 433 g/mol. The van der Waals surface area contributed by atoms with Crippen molar-refractivity contribution < 1.29 is 0 Å². The fourth-order valence-corrected chi connectivity index (χ4v) is 4.15. The van der Waals surface area contributed by atoms with E-state index in [2.05, 4.69) is 82.2 Å². The van der Waals surface area contributed by atoms with Crippen LogP contribution in [0, 0.1) is 11.8 Å². The highest BCUT2D eigenvalue weighted by Crippen LogP contribution is 2.35. The number of hydrogen-bond donors (Lipinski definition) is 0. The Morgan fingerprint density at radius 2 is 0.935 bits per heavy atom. The van der Waals surface area contributed by atoms with Crippen LogP contribution in [0.15, 0.2) is 24.5 Å². The molecule has 182 valence electrons. The lowest BCUT2D eigenvalue weighted by atomic mass is 10.1. The van der Waals surface area contributed by atoms with Crippen LogP contribution in [0.2, 0.25) is 0 Å². The first-order chi connectivity index (χ1) is 14.7. The Kier molecular flexibility index (Phi) is 14.5. The molecular formula is C28H55N3. The van der Waals surface area contributed by atoms with Gasteiger partial charge in [0.1, 0.15) is 0 Å². The van der Waals surface area contributed by atoms with Crippen LogP contribution in [0.1, 0.15) is 106 Å². The first-order valence-electron chi connectivity index (χ1n) is 13.3. The summed E-state index contributed by atoms with van der Waals surface area (Å²) in [6, 6.07) is 6.23. The standard InChI is InChI=1S/C8H17N.C7H15N.C7H11N.C6H12/c1-8(2)9-6-4-3-5-7-9;2*1-7(2)8-5-3-4-6-8;1-5(2)6-3-4-6/h8H,3-7H2,1-2H3;7H,3-6H2,1-2H3;3-7H,1-2H3;5-6H,3-4H2,1-2H3. The van der Waals surface area contributed by atoms with E-state index in [-0.39, 0.29) is 0 Å². The van der Waals surface area contributed by atoms with Crippen molar-refractivity contribution in [2.75, 3.05) is 26.2 Å². The number of piperidine rings is 1. The molecule has 0 bridgehead atoms. The van der Waals surface area contributed by atoms with Crippen LogP contribution in [0.4, 0.5) is 0 Å². The summed E-state index contributed by atoms with van der Waals surface area (Å²) in [6.45, 7) is 23.4. The van der Waals surface area contributed by atoms with Gasteiger partial charge in [0.05, 0.1) is 0 Å². The molecule has 1 aromatic rings. The van der Waals surface area contributed by atoms with Gasteiger partial charge in [-0.2, -0.15) is 0 Å². The molecule has 31 heavy (non-hydrogen) atoms. The number of aromatic nitrogens is 1. The van der Waals surface area contributed by atoms with Gasteiger partial charge in [-0.3, -0.25) is 0 Å². The zero-order valence-corrected chi connectivity index (χ0v) is 22.3. The summed E-state index contributed by atoms with van der Waals surface area (Å²) in [7, 11) is 0. The van der Waals surface area contributed by atoms with Gasteiger partial charge in [-0.25, -0.2) is 0 Å². The molecule has 3 aliphatic rings. The Bertz CT molecular complexity index is 502. The zero-order valence-electron chi connectivity index (χ0n) is 22.3. The molecule has 1 aromatic heterocycles. The maximum Gasteiger partial charge on any atom is 0.0274 e. The molecule has 3 heterocycles. The van der Waals surface area contributed by atoms with Gasteiger partial charge in [-0.1, -0.05) is 20.3 Å². The largest absolute Gasteiger partial charge is 0.352 e. The van der Waals surface area contributed by atoms with Crippen molar-refractivity contribution in [2.45, 2.75) is 118 Å². The van der Waals surface area contributed by atoms with Crippen LogP contribution in [-0.4, -0.2) is 52.6 Å². The highest BCUT2D eigenvalue weighted by atomic mass is 15.2. The lowest BCUT2D eigenvalue weighted by molar-refractivity contribution is 0.185. The van der Waals surface area contributed by atoms with Gasteiger partial charge in [0.25, 0.3) is 0 Å². The van der Waals surface area contributed by atoms with Crippen LogP contribution in [0.25, 0.3) is 0 Å². The average Bonchev–Trinajstić information content (AvgIpc) is 3.21. The fourth-order valence-electron chi connectivity index (χ4n) is 4.15. The van der Waals surface area contributed by atoms with Gasteiger partial charge in [0.2, 0.25) is 0 Å². The summed E-state index contributed by atoms with van der Waals surface area (Å²) in [6.07, 6.45) is 14.3. The second-order valence-electron chi connectivity index (χ2n) is 10.8. The molecule has 4 rings (SSSR count). The van der Waals surface area contributed by atoms with Gasteiger partial charge in [-0.15, -0.1) is 0 Å². The summed E-state index contributed by atoms with van der Waals surface area (Å²) < 4.78 is 2.17. The Morgan fingerprint density at radius 1 is 0.548 bits per heavy atom. The van der Waals surface area contributed by atoms with Crippen LogP contribution in [-0.2, 0) is 0 Å². The van der Waals surface area contributed by atoms with E-state index in [9.17, 15) is 0 Å². The topological polar surface area (TPSA) is 11.4 Å². The van der Waals surface area contributed by atoms with Crippen molar-refractivity contribution in [2.24, 2.45) is 11.8 Å². The molecule has 0 N–H and O–H groups in total. The molecule has 0 spiro atoms. The van der Waals surface area contributed by atoms with Crippen molar-refractivity contribution in [3.8, 4) is 0 Å². The van der Waals surface area contributed by atoms with E-state index in [0.29, 0.717) is 6.04 Å². The minimum Gasteiger partial charge on any atom is -0.352 e. The molecule has 0 radical (unpaired) electrons. The third kappa shape index (κ3) is 13.4. The van der Waals surface area contributed by atoms with Gasteiger partial charge in [0.15, 0.2) is 0 Å². The molecule has 0 amide bonds. The summed E-state index contributed by atoms with van der Waals surface area (Å²) in [5.41, 5.74) is 0. The van der Waals surface area contributed by atoms with E-state index >= 15 is 0 Å². The molecule has 2 aliphatic heterocycles. The molecule has 3 heteroatoms. The molecule has 0 aromatic carbocycles. The lowest BCUT2D eigenvalue weighted by Crippen LogP contribution is -2.35. The van der Waals surface area contributed by atoms with Crippen molar-refractivity contribution in [3.05, 3.63) is 24.5 Å². The molecule has 2 saturated heterocycles. The zero-order chi connectivity index (χ0) is 23.2. The third-order valence-corrected chi connectivity index (χ3v) is 6.78. The summed E-state index contributed by atoms with van der Waals surface area (Å²) >= 11 is 0. The third-order valence-electron chi connectivity index (χ3n) is 6.78. The maximum atomic E-state index is 2.56. The van der Waals surface area contributed by atoms with E-state index in [4.69, 9.17) is 0 Å². The molecule has 3 nitrogen and oxygen atoms in total. The quantitative estimate of drug-likeness (QED) is 0.487. The first kappa shape index (κ1) is 28.2. The molecule has 0 atom stereocenters. The van der Waals surface area contributed by atoms with E-state index in [1.807, 2.05) is 12.1 Å².